The Morgan fingerprint density at radius 2 is 2.23 bits per heavy atom. The van der Waals surface area contributed by atoms with Gasteiger partial charge in [-0.2, -0.15) is 0 Å². The molecule has 2 rings (SSSR count). The van der Waals surface area contributed by atoms with Crippen LogP contribution in [0.25, 0.3) is 0 Å². The third kappa shape index (κ3) is 1.22. The van der Waals surface area contributed by atoms with Crippen molar-refractivity contribution in [3.05, 3.63) is 36.1 Å². The van der Waals surface area contributed by atoms with Gasteiger partial charge in [0, 0.05) is 18.5 Å². The van der Waals surface area contributed by atoms with Crippen LogP contribution < -0.4 is 0 Å². The largest absolute Gasteiger partial charge is 0.373 e. The van der Waals surface area contributed by atoms with Crippen LogP contribution in [0.3, 0.4) is 0 Å². The molecule has 2 aliphatic rings. The number of Topliss-reactive ketones (excluding diaryl/α,β-unsaturated/α-hetero) is 1. The zero-order chi connectivity index (χ0) is 9.42. The second-order valence-corrected chi connectivity index (χ2v) is 3.59. The Morgan fingerprint density at radius 3 is 2.92 bits per heavy atom. The highest BCUT2D eigenvalue weighted by Gasteiger charge is 2.30. The van der Waals surface area contributed by atoms with E-state index in [1.54, 1.807) is 6.92 Å². The van der Waals surface area contributed by atoms with Gasteiger partial charge in [-0.1, -0.05) is 24.3 Å². The minimum Gasteiger partial charge on any atom is -0.373 e. The Labute approximate surface area is 78.2 Å². The standard InChI is InChI=1S/C11H13NO/c1-8(13)9-4-3-5-11-10(9)6-7-12(11)2/h3-7,10-11H,1-2H3. The molecule has 68 valence electrons. The van der Waals surface area contributed by atoms with Crippen molar-refractivity contribution in [2.75, 3.05) is 7.05 Å². The van der Waals surface area contributed by atoms with E-state index < -0.39 is 0 Å². The molecular weight excluding hydrogens is 162 g/mol. The van der Waals surface area contributed by atoms with E-state index in [-0.39, 0.29) is 11.7 Å². The van der Waals surface area contributed by atoms with Crippen LogP contribution in [0.1, 0.15) is 6.92 Å². The Morgan fingerprint density at radius 1 is 1.46 bits per heavy atom. The van der Waals surface area contributed by atoms with Crippen molar-refractivity contribution >= 4 is 5.78 Å². The molecule has 0 saturated carbocycles. The van der Waals surface area contributed by atoms with Gasteiger partial charge in [0.1, 0.15) is 0 Å². The molecule has 0 amide bonds. The Bertz CT molecular complexity index is 325. The first-order valence-electron chi connectivity index (χ1n) is 4.50. The molecule has 0 fully saturated rings. The van der Waals surface area contributed by atoms with Crippen LogP contribution in [0.2, 0.25) is 0 Å². The number of carbonyl (C=O) groups is 1. The third-order valence-electron chi connectivity index (χ3n) is 2.72. The summed E-state index contributed by atoms with van der Waals surface area (Å²) in [5.74, 6) is 0.451. The molecule has 2 atom stereocenters. The van der Waals surface area contributed by atoms with Gasteiger partial charge in [-0.05, 0) is 13.1 Å². The zero-order valence-corrected chi connectivity index (χ0v) is 7.90. The van der Waals surface area contributed by atoms with Gasteiger partial charge in [-0.3, -0.25) is 4.79 Å². The number of nitrogens with zero attached hydrogens (tertiary/aromatic N) is 1. The van der Waals surface area contributed by atoms with Crippen molar-refractivity contribution in [3.63, 3.8) is 0 Å². The van der Waals surface area contributed by atoms with Crippen LogP contribution in [-0.2, 0) is 4.79 Å². The summed E-state index contributed by atoms with van der Waals surface area (Å²) in [5, 5.41) is 0. The van der Waals surface area contributed by atoms with E-state index >= 15 is 0 Å². The van der Waals surface area contributed by atoms with Crippen molar-refractivity contribution in [2.24, 2.45) is 5.92 Å². The summed E-state index contributed by atoms with van der Waals surface area (Å²) < 4.78 is 0. The molecule has 0 aromatic rings. The summed E-state index contributed by atoms with van der Waals surface area (Å²) in [7, 11) is 2.04. The summed E-state index contributed by atoms with van der Waals surface area (Å²) in [6.07, 6.45) is 10.2. The van der Waals surface area contributed by atoms with Crippen molar-refractivity contribution in [1.29, 1.82) is 0 Å². The number of hydrogen-bond donors (Lipinski definition) is 0. The van der Waals surface area contributed by atoms with E-state index in [0.717, 1.165) is 5.57 Å². The highest BCUT2D eigenvalue weighted by molar-refractivity contribution is 5.95. The summed E-state index contributed by atoms with van der Waals surface area (Å²) >= 11 is 0. The average molecular weight is 175 g/mol. The van der Waals surface area contributed by atoms with E-state index in [2.05, 4.69) is 17.1 Å². The molecule has 2 heteroatoms. The third-order valence-corrected chi connectivity index (χ3v) is 2.72. The summed E-state index contributed by atoms with van der Waals surface area (Å²) in [6.45, 7) is 1.63. The normalized spacial score (nSPS) is 30.3. The smallest absolute Gasteiger partial charge is 0.156 e. The lowest BCUT2D eigenvalue weighted by atomic mass is 9.87. The number of carbonyl (C=O) groups excluding carboxylic acids is 1. The van der Waals surface area contributed by atoms with E-state index in [4.69, 9.17) is 0 Å². The van der Waals surface area contributed by atoms with Gasteiger partial charge in [0.05, 0.1) is 6.04 Å². The van der Waals surface area contributed by atoms with Crippen LogP contribution in [0.15, 0.2) is 36.1 Å². The first-order chi connectivity index (χ1) is 6.20. The van der Waals surface area contributed by atoms with Crippen LogP contribution in [0.4, 0.5) is 0 Å². The van der Waals surface area contributed by atoms with Gasteiger partial charge in [0.15, 0.2) is 5.78 Å². The second kappa shape index (κ2) is 2.87. The molecule has 2 unspecified atom stereocenters. The quantitative estimate of drug-likeness (QED) is 0.602. The lowest BCUT2D eigenvalue weighted by Crippen LogP contribution is -2.30. The van der Waals surface area contributed by atoms with Gasteiger partial charge in [-0.25, -0.2) is 0 Å². The van der Waals surface area contributed by atoms with Gasteiger partial charge in [0.2, 0.25) is 0 Å². The fourth-order valence-corrected chi connectivity index (χ4v) is 1.97. The summed E-state index contributed by atoms with van der Waals surface area (Å²) in [6, 6.07) is 0.351. The fourth-order valence-electron chi connectivity index (χ4n) is 1.97. The molecule has 0 bridgehead atoms. The van der Waals surface area contributed by atoms with Crippen molar-refractivity contribution in [1.82, 2.24) is 4.90 Å². The van der Waals surface area contributed by atoms with Crippen LogP contribution in [0, 0.1) is 5.92 Å². The van der Waals surface area contributed by atoms with E-state index in [1.807, 2.05) is 25.4 Å². The molecule has 0 aromatic carbocycles. The molecular formula is C11H13NO. The van der Waals surface area contributed by atoms with Gasteiger partial charge >= 0.3 is 0 Å². The van der Waals surface area contributed by atoms with Crippen molar-refractivity contribution < 1.29 is 4.79 Å². The predicted molar refractivity (Wildman–Crippen MR) is 52.1 cm³/mol. The predicted octanol–water partition coefficient (Wildman–Crippen LogP) is 1.52. The molecule has 0 radical (unpaired) electrons. The lowest BCUT2D eigenvalue weighted by molar-refractivity contribution is -0.114. The molecule has 13 heavy (non-hydrogen) atoms. The maximum absolute atomic E-state index is 11.3. The Kier molecular flexibility index (Phi) is 1.83. The minimum absolute atomic E-state index is 0.180. The summed E-state index contributed by atoms with van der Waals surface area (Å²) in [5.41, 5.74) is 0.924. The maximum Gasteiger partial charge on any atom is 0.156 e. The number of hydrogen-bond acceptors (Lipinski definition) is 2. The van der Waals surface area contributed by atoms with E-state index in [9.17, 15) is 4.79 Å². The monoisotopic (exact) mass is 175 g/mol. The molecule has 2 nitrogen and oxygen atoms in total. The molecule has 1 aliphatic heterocycles. The van der Waals surface area contributed by atoms with Crippen molar-refractivity contribution in [2.45, 2.75) is 13.0 Å². The van der Waals surface area contributed by atoms with Crippen LogP contribution in [-0.4, -0.2) is 23.8 Å². The van der Waals surface area contributed by atoms with E-state index in [1.165, 1.54) is 0 Å². The molecule has 0 aromatic heterocycles. The molecule has 0 spiro atoms. The number of allylic oxidation sites excluding steroid dienone is 2. The van der Waals surface area contributed by atoms with Crippen molar-refractivity contribution in [3.8, 4) is 0 Å². The van der Waals surface area contributed by atoms with Gasteiger partial charge in [0.25, 0.3) is 0 Å². The van der Waals surface area contributed by atoms with Crippen LogP contribution in [0.5, 0.6) is 0 Å². The highest BCUT2D eigenvalue weighted by atomic mass is 16.1. The number of fused-ring (bicyclic) bond motifs is 1. The summed E-state index contributed by atoms with van der Waals surface area (Å²) in [4.78, 5) is 13.4. The molecule has 1 heterocycles. The zero-order valence-electron chi connectivity index (χ0n) is 7.90. The van der Waals surface area contributed by atoms with Crippen LogP contribution >= 0.6 is 0 Å². The fraction of sp³-hybridized carbons (Fsp3) is 0.364. The minimum atomic E-state index is 0.180. The number of ketones is 1. The van der Waals surface area contributed by atoms with Gasteiger partial charge in [-0.15, -0.1) is 0 Å². The number of likely N-dealkylation sites (N-methyl/N-ethyl adjacent to an activating group) is 1. The molecule has 0 N–H and O–H groups in total. The first-order valence-corrected chi connectivity index (χ1v) is 4.50. The van der Waals surface area contributed by atoms with E-state index in [0.29, 0.717) is 6.04 Å². The Hall–Kier alpha value is -1.31. The Balaban J connectivity index is 2.32. The highest BCUT2D eigenvalue weighted by Crippen LogP contribution is 2.30. The average Bonchev–Trinajstić information content (AvgIpc) is 2.48. The molecule has 1 aliphatic carbocycles. The second-order valence-electron chi connectivity index (χ2n) is 3.59. The molecule has 0 saturated heterocycles. The topological polar surface area (TPSA) is 20.3 Å². The first kappa shape index (κ1) is 8.30. The van der Waals surface area contributed by atoms with Gasteiger partial charge < -0.3 is 4.90 Å². The number of rotatable bonds is 1. The maximum atomic E-state index is 11.3. The lowest BCUT2D eigenvalue weighted by Gasteiger charge is -2.26. The SMILES string of the molecule is CC(=O)C1=CC=CC2C1C=CN2C.